The van der Waals surface area contributed by atoms with Crippen LogP contribution in [0.4, 0.5) is 0 Å². The quantitative estimate of drug-likeness (QED) is 0.772. The summed E-state index contributed by atoms with van der Waals surface area (Å²) in [5, 5.41) is 7.42. The lowest BCUT2D eigenvalue weighted by molar-refractivity contribution is 0.00578. The summed E-state index contributed by atoms with van der Waals surface area (Å²) in [7, 11) is 9.97. The first-order chi connectivity index (χ1) is 9.52. The number of hydrogen-bond donors (Lipinski definition) is 1. The average Bonchev–Trinajstić information content (AvgIpc) is 2.55. The molecule has 1 aromatic rings. The molecule has 21 heavy (non-hydrogen) atoms. The lowest BCUT2D eigenvalue weighted by atomic mass is 9.66. The monoisotopic (exact) mass is 285 g/mol. The van der Waals surface area contributed by atoms with Gasteiger partial charge in [0.05, 0.1) is 11.2 Å². The van der Waals surface area contributed by atoms with Crippen LogP contribution in [0.25, 0.3) is 0 Å². The molecule has 1 fully saturated rings. The average molecular weight is 285 g/mol. The minimum atomic E-state index is -1.93. The number of aromatic nitrogens is 1. The highest BCUT2D eigenvalue weighted by Crippen LogP contribution is 2.36. The van der Waals surface area contributed by atoms with Crippen LogP contribution in [0.1, 0.15) is 27.7 Å². The van der Waals surface area contributed by atoms with E-state index >= 15 is 0 Å². The van der Waals surface area contributed by atoms with Crippen molar-refractivity contribution in [3.05, 3.63) is 18.3 Å². The molecule has 1 saturated heterocycles. The first-order valence-corrected chi connectivity index (χ1v) is 6.75. The third-order valence-corrected chi connectivity index (χ3v) is 3.75. The van der Waals surface area contributed by atoms with Crippen LogP contribution in [0.2, 0.25) is 0 Å². The van der Waals surface area contributed by atoms with Crippen LogP contribution in [0, 0.1) is 0 Å². The first-order valence-electron chi connectivity index (χ1n) is 6.75. The molecule has 0 atom stereocenters. The highest BCUT2D eigenvalue weighted by Gasteiger charge is 2.52. The van der Waals surface area contributed by atoms with Crippen molar-refractivity contribution >= 4 is 28.3 Å². The Labute approximate surface area is 128 Å². The molecule has 1 aromatic heterocycles. The molecular weight excluding hydrogens is 267 g/mol. The molecule has 1 aliphatic heterocycles. The first kappa shape index (κ1) is 16.4. The van der Waals surface area contributed by atoms with E-state index in [1.165, 1.54) is 0 Å². The maximum Gasteiger partial charge on any atom is 0.500 e. The summed E-state index contributed by atoms with van der Waals surface area (Å²) in [6.45, 7) is 7.55. The van der Waals surface area contributed by atoms with Gasteiger partial charge in [-0.3, -0.25) is 0 Å². The van der Waals surface area contributed by atoms with Gasteiger partial charge in [0, 0.05) is 17.1 Å². The summed E-state index contributed by atoms with van der Waals surface area (Å²) >= 11 is 0. The van der Waals surface area contributed by atoms with Gasteiger partial charge in [0.2, 0.25) is 5.88 Å². The van der Waals surface area contributed by atoms with Gasteiger partial charge in [-0.2, -0.15) is 0 Å². The number of pyridine rings is 1. The number of aliphatic hydroxyl groups is 1. The molecule has 0 bridgehead atoms. The van der Waals surface area contributed by atoms with Crippen molar-refractivity contribution in [2.45, 2.75) is 44.3 Å². The summed E-state index contributed by atoms with van der Waals surface area (Å²) in [4.78, 5) is 4.12. The van der Waals surface area contributed by atoms with Crippen molar-refractivity contribution in [2.75, 3.05) is 6.61 Å². The third-order valence-electron chi connectivity index (χ3n) is 3.75. The van der Waals surface area contributed by atoms with Gasteiger partial charge in [0.1, 0.15) is 22.3 Å². The maximum atomic E-state index is 9.34. The second-order valence-electron chi connectivity index (χ2n) is 6.27. The zero-order valence-corrected chi connectivity index (χ0v) is 12.8. The van der Waals surface area contributed by atoms with Crippen LogP contribution in [0.3, 0.4) is 0 Å². The van der Waals surface area contributed by atoms with E-state index in [2.05, 4.69) is 4.98 Å². The van der Waals surface area contributed by atoms with Crippen molar-refractivity contribution < 1.29 is 19.2 Å². The normalized spacial score (nSPS) is 20.5. The molecule has 0 spiro atoms. The number of rotatable bonds is 4. The molecule has 4 radical (unpaired) electrons. The van der Waals surface area contributed by atoms with Gasteiger partial charge in [-0.25, -0.2) is 4.98 Å². The van der Waals surface area contributed by atoms with Crippen LogP contribution in [0.5, 0.6) is 5.88 Å². The summed E-state index contributed by atoms with van der Waals surface area (Å²) < 4.78 is 17.3. The van der Waals surface area contributed by atoms with Gasteiger partial charge >= 0.3 is 7.12 Å². The molecule has 1 N–H and O–H groups in total. The summed E-state index contributed by atoms with van der Waals surface area (Å²) in [6, 6.07) is 3.54. The number of nitrogens with zero attached hydrogens (tertiary/aromatic N) is 1. The predicted molar refractivity (Wildman–Crippen MR) is 81.9 cm³/mol. The minimum absolute atomic E-state index is 0.269. The Bertz CT molecular complexity index is 500. The van der Waals surface area contributed by atoms with Crippen LogP contribution < -0.4 is 10.2 Å². The molecule has 0 aliphatic carbocycles. The van der Waals surface area contributed by atoms with Gasteiger partial charge in [0.25, 0.3) is 0 Å². The van der Waals surface area contributed by atoms with Gasteiger partial charge in [-0.05, 0) is 33.8 Å². The zero-order chi connectivity index (χ0) is 15.9. The fourth-order valence-electron chi connectivity index (χ4n) is 1.86. The molecule has 0 amide bonds. The molecule has 2 rings (SSSR count). The maximum absolute atomic E-state index is 9.34. The fraction of sp³-hybridized carbons (Fsp3) is 0.615. The Morgan fingerprint density at radius 2 is 1.86 bits per heavy atom. The van der Waals surface area contributed by atoms with Crippen molar-refractivity contribution in [1.82, 2.24) is 4.98 Å². The standard InChI is InChI=1S/C13H18B3NO4/c1-11(2)12(3,4)21-16(20-11)9-6-5-7-17-10(9)19-8-13(14,15)18/h5-7,18H,8H2,1-4H3. The van der Waals surface area contributed by atoms with Crippen molar-refractivity contribution in [1.29, 1.82) is 0 Å². The summed E-state index contributed by atoms with van der Waals surface area (Å²) in [6.07, 6.45) is 1.57. The van der Waals surface area contributed by atoms with Crippen molar-refractivity contribution in [3.63, 3.8) is 0 Å². The molecular formula is C13H18B3NO4. The third kappa shape index (κ3) is 3.62. The second kappa shape index (κ2) is 5.34. The lowest BCUT2D eigenvalue weighted by Crippen LogP contribution is -2.41. The van der Waals surface area contributed by atoms with E-state index in [0.29, 0.717) is 5.46 Å². The predicted octanol–water partition coefficient (Wildman–Crippen LogP) is -0.257. The Kier molecular flexibility index (Phi) is 4.17. The summed E-state index contributed by atoms with van der Waals surface area (Å²) in [5.74, 6) is 0.269. The van der Waals surface area contributed by atoms with Gasteiger partial charge < -0.3 is 19.2 Å². The fourth-order valence-corrected chi connectivity index (χ4v) is 1.86. The van der Waals surface area contributed by atoms with Gasteiger partial charge in [-0.15, -0.1) is 0 Å². The Balaban J connectivity index is 2.22. The van der Waals surface area contributed by atoms with E-state index in [9.17, 15) is 5.11 Å². The Morgan fingerprint density at radius 3 is 2.38 bits per heavy atom. The molecule has 5 nitrogen and oxygen atoms in total. The molecule has 8 heteroatoms. The van der Waals surface area contributed by atoms with Crippen LogP contribution >= 0.6 is 0 Å². The van der Waals surface area contributed by atoms with Crippen LogP contribution in [0.15, 0.2) is 18.3 Å². The van der Waals surface area contributed by atoms with Crippen LogP contribution in [-0.4, -0.2) is 56.1 Å². The SMILES string of the molecule is [B]C([B])(O)COc1ncccc1B1OC(C)(C)C(C)(C)O1. The van der Waals surface area contributed by atoms with E-state index in [0.717, 1.165) is 0 Å². The van der Waals surface area contributed by atoms with E-state index in [4.69, 9.17) is 29.7 Å². The highest BCUT2D eigenvalue weighted by molar-refractivity contribution is 6.63. The Hall–Kier alpha value is -0.975. The molecule has 1 aliphatic rings. The van der Waals surface area contributed by atoms with E-state index < -0.39 is 23.7 Å². The minimum Gasteiger partial charge on any atom is -0.477 e. The highest BCUT2D eigenvalue weighted by atomic mass is 16.7. The molecule has 0 saturated carbocycles. The zero-order valence-electron chi connectivity index (χ0n) is 12.8. The molecule has 2 heterocycles. The van der Waals surface area contributed by atoms with E-state index in [1.54, 1.807) is 18.3 Å². The van der Waals surface area contributed by atoms with Crippen molar-refractivity contribution in [2.24, 2.45) is 0 Å². The van der Waals surface area contributed by atoms with Gasteiger partial charge in [0.15, 0.2) is 0 Å². The Morgan fingerprint density at radius 1 is 1.29 bits per heavy atom. The van der Waals surface area contributed by atoms with E-state index in [-0.39, 0.29) is 12.5 Å². The molecule has 0 unspecified atom stereocenters. The van der Waals surface area contributed by atoms with Gasteiger partial charge in [-0.1, -0.05) is 6.07 Å². The van der Waals surface area contributed by atoms with E-state index in [1.807, 2.05) is 27.7 Å². The smallest absolute Gasteiger partial charge is 0.477 e. The van der Waals surface area contributed by atoms with Crippen LogP contribution in [-0.2, 0) is 9.31 Å². The molecule has 108 valence electrons. The van der Waals surface area contributed by atoms with Crippen molar-refractivity contribution in [3.8, 4) is 5.88 Å². The number of hydrogen-bond acceptors (Lipinski definition) is 5. The lowest BCUT2D eigenvalue weighted by Gasteiger charge is -2.32. The number of ether oxygens (including phenoxy) is 1. The largest absolute Gasteiger partial charge is 0.500 e. The molecule has 0 aromatic carbocycles. The topological polar surface area (TPSA) is 60.8 Å². The second-order valence-corrected chi connectivity index (χ2v) is 6.27. The summed E-state index contributed by atoms with van der Waals surface area (Å²) in [5.41, 5.74) is -0.305.